The smallest absolute Gasteiger partial charge is 0.333 e. The van der Waals surface area contributed by atoms with Gasteiger partial charge in [-0.3, -0.25) is 0 Å². The minimum Gasteiger partial charge on any atom is -0.462 e. The summed E-state index contributed by atoms with van der Waals surface area (Å²) in [5.74, 6) is -0.135. The first-order valence-corrected chi connectivity index (χ1v) is 22.2. The summed E-state index contributed by atoms with van der Waals surface area (Å²) in [4.78, 5) is 25.3. The molecule has 0 fully saturated rings. The van der Waals surface area contributed by atoms with E-state index in [4.69, 9.17) is 9.47 Å². The molecule has 4 heteroatoms. The molecule has 0 aromatic carbocycles. The van der Waals surface area contributed by atoms with Gasteiger partial charge >= 0.3 is 11.9 Å². The minimum absolute atomic E-state index is 0.275. The van der Waals surface area contributed by atoms with Crippen molar-refractivity contribution in [2.75, 3.05) is 13.2 Å². The molecule has 0 aliphatic carbocycles. The van der Waals surface area contributed by atoms with E-state index in [1.54, 1.807) is 26.0 Å². The molecule has 0 saturated carbocycles. The van der Waals surface area contributed by atoms with Gasteiger partial charge in [0, 0.05) is 11.1 Å². The maximum atomic E-state index is 12.8. The molecule has 1 atom stereocenters. The van der Waals surface area contributed by atoms with Crippen molar-refractivity contribution in [3.8, 4) is 0 Å². The van der Waals surface area contributed by atoms with Gasteiger partial charge in [-0.15, -0.1) is 0 Å². The second kappa shape index (κ2) is 38.6. The Morgan fingerprint density at radius 2 is 0.680 bits per heavy atom. The van der Waals surface area contributed by atoms with Gasteiger partial charge in [0.2, 0.25) is 0 Å². The fourth-order valence-corrected chi connectivity index (χ4v) is 6.71. The van der Waals surface area contributed by atoms with Crippen molar-refractivity contribution in [2.45, 2.75) is 240 Å². The van der Waals surface area contributed by atoms with Crippen LogP contribution < -0.4 is 0 Å². The molecule has 0 heterocycles. The number of rotatable bonds is 38. The zero-order chi connectivity index (χ0) is 36.8. The molecule has 1 unspecified atom stereocenters. The lowest BCUT2D eigenvalue weighted by Crippen LogP contribution is -2.15. The number of unbranched alkanes of at least 4 members (excludes halogenated alkanes) is 27. The predicted molar refractivity (Wildman–Crippen MR) is 218 cm³/mol. The van der Waals surface area contributed by atoms with Gasteiger partial charge in [-0.05, 0) is 39.0 Å². The third-order valence-corrected chi connectivity index (χ3v) is 10.3. The summed E-state index contributed by atoms with van der Waals surface area (Å²) < 4.78 is 11.3. The molecule has 0 rings (SSSR count). The maximum absolute atomic E-state index is 12.8. The fraction of sp³-hybridized carbons (Fsp3) is 0.870. The Morgan fingerprint density at radius 1 is 0.400 bits per heavy atom. The first kappa shape index (κ1) is 48.4. The first-order chi connectivity index (χ1) is 24.5. The van der Waals surface area contributed by atoms with Crippen molar-refractivity contribution in [3.05, 3.63) is 23.3 Å². The van der Waals surface area contributed by atoms with Gasteiger partial charge in [-0.25, -0.2) is 9.59 Å². The fourth-order valence-electron chi connectivity index (χ4n) is 6.71. The Balaban J connectivity index is 4.40. The number of allylic oxidation sites excluding steroid dienone is 2. The van der Waals surface area contributed by atoms with Gasteiger partial charge in [0.05, 0.1) is 13.2 Å². The zero-order valence-corrected chi connectivity index (χ0v) is 34.4. The predicted octanol–water partition coefficient (Wildman–Crippen LogP) is 15.1. The van der Waals surface area contributed by atoms with Crippen LogP contribution in [0.25, 0.3) is 0 Å². The molecule has 0 saturated heterocycles. The van der Waals surface area contributed by atoms with Crippen LogP contribution in [-0.4, -0.2) is 25.2 Å². The molecule has 0 N–H and O–H groups in total. The average Bonchev–Trinajstić information content (AvgIpc) is 3.12. The van der Waals surface area contributed by atoms with Gasteiger partial charge in [0.15, 0.2) is 0 Å². The zero-order valence-electron chi connectivity index (χ0n) is 34.4. The van der Waals surface area contributed by atoms with Crippen molar-refractivity contribution < 1.29 is 19.1 Å². The van der Waals surface area contributed by atoms with Crippen LogP contribution in [0.1, 0.15) is 240 Å². The third-order valence-electron chi connectivity index (χ3n) is 10.3. The molecule has 4 nitrogen and oxygen atoms in total. The summed E-state index contributed by atoms with van der Waals surface area (Å²) in [5.41, 5.74) is 1.05. The number of carbonyl (C=O) groups is 2. The van der Waals surface area contributed by atoms with Gasteiger partial charge < -0.3 is 9.47 Å². The summed E-state index contributed by atoms with van der Waals surface area (Å²) in [6, 6.07) is 0. The normalized spacial score (nSPS) is 12.7. The molecule has 0 amide bonds. The lowest BCUT2D eigenvalue weighted by Gasteiger charge is -2.17. The van der Waals surface area contributed by atoms with E-state index in [9.17, 15) is 9.59 Å². The number of ether oxygens (including phenoxy) is 2. The number of hydrogen-bond acceptors (Lipinski definition) is 4. The van der Waals surface area contributed by atoms with E-state index >= 15 is 0 Å². The summed E-state index contributed by atoms with van der Waals surface area (Å²) in [5, 5.41) is 0. The molecule has 0 aliphatic heterocycles. The van der Waals surface area contributed by atoms with Crippen molar-refractivity contribution in [1.82, 2.24) is 0 Å². The van der Waals surface area contributed by atoms with Gasteiger partial charge in [0.1, 0.15) is 0 Å². The Hall–Kier alpha value is -1.58. The lowest BCUT2D eigenvalue weighted by molar-refractivity contribution is -0.141. The van der Waals surface area contributed by atoms with Crippen LogP contribution in [0, 0.1) is 5.92 Å². The van der Waals surface area contributed by atoms with Crippen molar-refractivity contribution in [3.63, 3.8) is 0 Å². The molecular weight excluding hydrogens is 617 g/mol. The van der Waals surface area contributed by atoms with E-state index in [0.29, 0.717) is 30.3 Å². The molecule has 294 valence electrons. The highest BCUT2D eigenvalue weighted by Crippen LogP contribution is 2.21. The monoisotopic (exact) mass is 703 g/mol. The van der Waals surface area contributed by atoms with Crippen LogP contribution in [0.15, 0.2) is 23.3 Å². The third kappa shape index (κ3) is 33.6. The number of esters is 2. The van der Waals surface area contributed by atoms with Crippen LogP contribution in [0.2, 0.25) is 0 Å². The SMILES string of the molecule is CCCCCCCCCCCCCCOC(=O)/C(C)=C/C=C(\C)C(=O)OCC(CCCCCCCCCC)CCCCCCCCCCCC. The van der Waals surface area contributed by atoms with Crippen molar-refractivity contribution in [2.24, 2.45) is 5.92 Å². The van der Waals surface area contributed by atoms with Crippen LogP contribution >= 0.6 is 0 Å². The second-order valence-corrected chi connectivity index (χ2v) is 15.4. The largest absolute Gasteiger partial charge is 0.462 e. The van der Waals surface area contributed by atoms with Gasteiger partial charge in [-0.2, -0.15) is 0 Å². The lowest BCUT2D eigenvalue weighted by atomic mass is 9.94. The summed E-state index contributed by atoms with van der Waals surface area (Å²) in [6.07, 6.45) is 45.2. The van der Waals surface area contributed by atoms with E-state index < -0.39 is 0 Å². The quantitative estimate of drug-likeness (QED) is 0.0278. The Labute approximate surface area is 312 Å². The van der Waals surface area contributed by atoms with Gasteiger partial charge in [-0.1, -0.05) is 219 Å². The molecule has 0 aliphatic rings. The number of carbonyl (C=O) groups excluding carboxylic acids is 2. The van der Waals surface area contributed by atoms with Crippen LogP contribution in [0.5, 0.6) is 0 Å². The molecule has 0 bridgehead atoms. The highest BCUT2D eigenvalue weighted by molar-refractivity contribution is 5.90. The Bertz CT molecular complexity index is 813. The van der Waals surface area contributed by atoms with Crippen LogP contribution in [0.3, 0.4) is 0 Å². The van der Waals surface area contributed by atoms with Crippen molar-refractivity contribution >= 4 is 11.9 Å². The molecular formula is C46H86O4. The summed E-state index contributed by atoms with van der Waals surface area (Å²) in [7, 11) is 0. The minimum atomic E-state index is -0.299. The molecule has 0 radical (unpaired) electrons. The van der Waals surface area contributed by atoms with Crippen LogP contribution in [-0.2, 0) is 19.1 Å². The van der Waals surface area contributed by atoms with Crippen molar-refractivity contribution in [1.29, 1.82) is 0 Å². The molecule has 0 aromatic heterocycles. The van der Waals surface area contributed by atoms with E-state index in [2.05, 4.69) is 20.8 Å². The molecule has 0 aromatic rings. The van der Waals surface area contributed by atoms with Gasteiger partial charge in [0.25, 0.3) is 0 Å². The van der Waals surface area contributed by atoms with E-state index in [1.807, 2.05) is 0 Å². The van der Waals surface area contributed by atoms with E-state index in [1.165, 1.54) is 180 Å². The van der Waals surface area contributed by atoms with E-state index in [0.717, 1.165) is 25.7 Å². The topological polar surface area (TPSA) is 52.6 Å². The summed E-state index contributed by atoms with van der Waals surface area (Å²) >= 11 is 0. The average molecular weight is 703 g/mol. The highest BCUT2D eigenvalue weighted by Gasteiger charge is 2.14. The standard InChI is InChI=1S/C46H86O4/c1-6-9-12-15-18-21-23-24-26-29-32-35-40-49-45(47)42(4)38-39-43(5)46(48)50-41-44(36-33-30-27-20-17-14-11-8-3)37-34-31-28-25-22-19-16-13-10-7-2/h38-39,44H,6-37,40-41H2,1-5H3/b42-38+,43-39+. The first-order valence-electron chi connectivity index (χ1n) is 22.2. The second-order valence-electron chi connectivity index (χ2n) is 15.4. The molecule has 50 heavy (non-hydrogen) atoms. The number of hydrogen-bond donors (Lipinski definition) is 0. The Kier molecular flexibility index (Phi) is 37.4. The summed E-state index contributed by atoms with van der Waals surface area (Å²) in [6.45, 7) is 11.3. The highest BCUT2D eigenvalue weighted by atomic mass is 16.5. The molecule has 0 spiro atoms. The van der Waals surface area contributed by atoms with E-state index in [-0.39, 0.29) is 11.9 Å². The Morgan fingerprint density at radius 3 is 1.02 bits per heavy atom. The van der Waals surface area contributed by atoms with Crippen LogP contribution in [0.4, 0.5) is 0 Å². The maximum Gasteiger partial charge on any atom is 0.333 e.